The van der Waals surface area contributed by atoms with Crippen LogP contribution in [0.15, 0.2) is 24.3 Å². The summed E-state index contributed by atoms with van der Waals surface area (Å²) in [5, 5.41) is 2.43. The Balaban J connectivity index is 2.64. The van der Waals surface area contributed by atoms with Crippen molar-refractivity contribution in [1.29, 1.82) is 0 Å². The fourth-order valence-corrected chi connectivity index (χ4v) is 1.20. The fourth-order valence-electron chi connectivity index (χ4n) is 1.13. The van der Waals surface area contributed by atoms with Gasteiger partial charge in [0, 0.05) is 5.69 Å². The molecule has 0 saturated carbocycles. The minimum Gasteiger partial charge on any atom is -0.325 e. The molecule has 0 atom stereocenters. The highest BCUT2D eigenvalue weighted by molar-refractivity contribution is 6.29. The number of hydrogen-bond donors (Lipinski definition) is 1. The summed E-state index contributed by atoms with van der Waals surface area (Å²) < 4.78 is 36.1. The molecule has 0 heterocycles. The number of rotatable bonds is 3. The second-order valence-electron chi connectivity index (χ2n) is 3.17. The summed E-state index contributed by atoms with van der Waals surface area (Å²) >= 11 is 5.26. The minimum atomic E-state index is -4.22. The molecule has 0 aliphatic carbocycles. The lowest BCUT2D eigenvalue weighted by atomic mass is 10.1. The Labute approximate surface area is 95.4 Å². The first kappa shape index (κ1) is 12.8. The van der Waals surface area contributed by atoms with Crippen molar-refractivity contribution < 1.29 is 18.0 Å². The van der Waals surface area contributed by atoms with Gasteiger partial charge in [0.2, 0.25) is 5.91 Å². The molecule has 0 radical (unpaired) electrons. The van der Waals surface area contributed by atoms with Crippen molar-refractivity contribution in [2.45, 2.75) is 12.6 Å². The van der Waals surface area contributed by atoms with E-state index in [4.69, 9.17) is 11.6 Å². The predicted octanol–water partition coefficient (Wildman–Crippen LogP) is 2.97. The van der Waals surface area contributed by atoms with Crippen LogP contribution in [0.1, 0.15) is 5.56 Å². The van der Waals surface area contributed by atoms with Crippen LogP contribution >= 0.6 is 11.6 Å². The minimum absolute atomic E-state index is 0.149. The molecule has 6 heteroatoms. The standard InChI is InChI=1S/C10H9ClF3NO/c11-6-9(16)15-8-3-1-7(2-4-8)5-10(12,13)14/h1-4H,5-6H2,(H,15,16). The molecule has 0 fully saturated rings. The number of anilines is 1. The van der Waals surface area contributed by atoms with Crippen LogP contribution in [0.5, 0.6) is 0 Å². The molecule has 0 aliphatic heterocycles. The highest BCUT2D eigenvalue weighted by Crippen LogP contribution is 2.22. The monoisotopic (exact) mass is 251 g/mol. The number of halogens is 4. The van der Waals surface area contributed by atoms with Crippen LogP contribution in [0.25, 0.3) is 0 Å². The molecular formula is C10H9ClF3NO. The van der Waals surface area contributed by atoms with E-state index in [1.165, 1.54) is 24.3 Å². The van der Waals surface area contributed by atoms with Gasteiger partial charge >= 0.3 is 6.18 Å². The van der Waals surface area contributed by atoms with Crippen LogP contribution in [-0.2, 0) is 11.2 Å². The van der Waals surface area contributed by atoms with Gasteiger partial charge in [-0.1, -0.05) is 12.1 Å². The first-order valence-corrected chi connectivity index (χ1v) is 4.95. The van der Waals surface area contributed by atoms with Crippen molar-refractivity contribution >= 4 is 23.2 Å². The highest BCUT2D eigenvalue weighted by Gasteiger charge is 2.27. The van der Waals surface area contributed by atoms with Gasteiger partial charge < -0.3 is 5.32 Å². The zero-order valence-corrected chi connectivity index (χ0v) is 8.90. The topological polar surface area (TPSA) is 29.1 Å². The van der Waals surface area contributed by atoms with Crippen LogP contribution in [-0.4, -0.2) is 18.0 Å². The van der Waals surface area contributed by atoms with Crippen molar-refractivity contribution in [3.05, 3.63) is 29.8 Å². The average molecular weight is 252 g/mol. The fraction of sp³-hybridized carbons (Fsp3) is 0.300. The molecule has 88 valence electrons. The normalized spacial score (nSPS) is 11.2. The summed E-state index contributed by atoms with van der Waals surface area (Å²) in [6.07, 6.45) is -5.20. The first-order chi connectivity index (χ1) is 7.40. The van der Waals surface area contributed by atoms with Gasteiger partial charge in [-0.05, 0) is 17.7 Å². The van der Waals surface area contributed by atoms with Crippen LogP contribution in [0.4, 0.5) is 18.9 Å². The van der Waals surface area contributed by atoms with E-state index in [-0.39, 0.29) is 11.4 Å². The summed E-state index contributed by atoms with van der Waals surface area (Å²) in [6.45, 7) is 0. The quantitative estimate of drug-likeness (QED) is 0.822. The van der Waals surface area contributed by atoms with E-state index in [9.17, 15) is 18.0 Å². The van der Waals surface area contributed by atoms with Crippen molar-refractivity contribution in [1.82, 2.24) is 0 Å². The molecule has 0 bridgehead atoms. The Morgan fingerprint density at radius 3 is 2.25 bits per heavy atom. The Kier molecular flexibility index (Phi) is 4.18. The van der Waals surface area contributed by atoms with Crippen LogP contribution in [0.3, 0.4) is 0 Å². The summed E-state index contributed by atoms with van der Waals surface area (Å²) in [6, 6.07) is 5.45. The highest BCUT2D eigenvalue weighted by atomic mass is 35.5. The van der Waals surface area contributed by atoms with Crippen molar-refractivity contribution in [2.75, 3.05) is 11.2 Å². The Morgan fingerprint density at radius 1 is 1.25 bits per heavy atom. The number of carbonyl (C=O) groups is 1. The summed E-state index contributed by atoms with van der Waals surface area (Å²) in [5.74, 6) is -0.588. The molecule has 2 nitrogen and oxygen atoms in total. The molecule has 0 spiro atoms. The van der Waals surface area contributed by atoms with Gasteiger partial charge in [0.25, 0.3) is 0 Å². The molecule has 0 unspecified atom stereocenters. The van der Waals surface area contributed by atoms with Gasteiger partial charge in [0.15, 0.2) is 0 Å². The Hall–Kier alpha value is -1.23. The van der Waals surface area contributed by atoms with Gasteiger partial charge in [0.1, 0.15) is 5.88 Å². The lowest BCUT2D eigenvalue weighted by molar-refractivity contribution is -0.127. The zero-order valence-electron chi connectivity index (χ0n) is 8.14. The maximum atomic E-state index is 12.0. The molecule has 1 aromatic rings. The second-order valence-corrected chi connectivity index (χ2v) is 3.44. The van der Waals surface area contributed by atoms with E-state index in [1.807, 2.05) is 0 Å². The van der Waals surface area contributed by atoms with Gasteiger partial charge in [-0.25, -0.2) is 0 Å². The molecule has 1 aromatic carbocycles. The van der Waals surface area contributed by atoms with Crippen molar-refractivity contribution in [2.24, 2.45) is 0 Å². The maximum Gasteiger partial charge on any atom is 0.393 e. The lowest BCUT2D eigenvalue weighted by Crippen LogP contribution is -2.13. The zero-order chi connectivity index (χ0) is 12.2. The lowest BCUT2D eigenvalue weighted by Gasteiger charge is -2.07. The number of benzene rings is 1. The first-order valence-electron chi connectivity index (χ1n) is 4.42. The van der Waals surface area contributed by atoms with E-state index in [0.29, 0.717) is 5.69 Å². The molecule has 1 N–H and O–H groups in total. The molecule has 1 rings (SSSR count). The summed E-state index contributed by atoms with van der Waals surface area (Å²) in [4.78, 5) is 10.9. The Morgan fingerprint density at radius 2 is 1.81 bits per heavy atom. The molecular weight excluding hydrogens is 243 g/mol. The summed E-state index contributed by atoms with van der Waals surface area (Å²) in [7, 11) is 0. The van der Waals surface area contributed by atoms with Crippen LogP contribution < -0.4 is 5.32 Å². The van der Waals surface area contributed by atoms with Crippen LogP contribution in [0.2, 0.25) is 0 Å². The average Bonchev–Trinajstić information content (AvgIpc) is 2.18. The van der Waals surface area contributed by atoms with Crippen molar-refractivity contribution in [3.8, 4) is 0 Å². The van der Waals surface area contributed by atoms with E-state index in [0.717, 1.165) is 0 Å². The number of hydrogen-bond acceptors (Lipinski definition) is 1. The molecule has 0 saturated heterocycles. The van der Waals surface area contributed by atoms with Gasteiger partial charge in [-0.3, -0.25) is 4.79 Å². The van der Waals surface area contributed by atoms with Crippen LogP contribution in [0, 0.1) is 0 Å². The second kappa shape index (κ2) is 5.21. The van der Waals surface area contributed by atoms with Gasteiger partial charge in [0.05, 0.1) is 6.42 Å². The smallest absolute Gasteiger partial charge is 0.325 e. The third kappa shape index (κ3) is 4.53. The molecule has 16 heavy (non-hydrogen) atoms. The van der Waals surface area contributed by atoms with Gasteiger partial charge in [-0.2, -0.15) is 13.2 Å². The third-order valence-electron chi connectivity index (χ3n) is 1.76. The molecule has 0 aromatic heterocycles. The summed E-state index contributed by atoms with van der Waals surface area (Å²) in [5.41, 5.74) is 0.577. The van der Waals surface area contributed by atoms with E-state index < -0.39 is 18.5 Å². The number of nitrogens with one attached hydrogen (secondary N) is 1. The van der Waals surface area contributed by atoms with E-state index in [2.05, 4.69) is 5.32 Å². The van der Waals surface area contributed by atoms with Gasteiger partial charge in [-0.15, -0.1) is 11.6 Å². The molecule has 1 amide bonds. The van der Waals surface area contributed by atoms with E-state index in [1.54, 1.807) is 0 Å². The largest absolute Gasteiger partial charge is 0.393 e. The number of amides is 1. The third-order valence-corrected chi connectivity index (χ3v) is 2.01. The molecule has 0 aliphatic rings. The maximum absolute atomic E-state index is 12.0. The number of alkyl halides is 4. The number of carbonyl (C=O) groups excluding carboxylic acids is 1. The predicted molar refractivity (Wildman–Crippen MR) is 55.6 cm³/mol. The SMILES string of the molecule is O=C(CCl)Nc1ccc(CC(F)(F)F)cc1. The van der Waals surface area contributed by atoms with Crippen molar-refractivity contribution in [3.63, 3.8) is 0 Å². The van der Waals surface area contributed by atoms with E-state index >= 15 is 0 Å². The Bertz CT molecular complexity index is 361.